The molecule has 0 radical (unpaired) electrons. The fraction of sp³-hybridized carbons (Fsp3) is 0.429. The lowest BCUT2D eigenvalue weighted by molar-refractivity contribution is -0.121. The van der Waals surface area contributed by atoms with Crippen LogP contribution in [0.5, 0.6) is 0 Å². The molecule has 0 aliphatic carbocycles. The fourth-order valence-corrected chi connectivity index (χ4v) is 2.20. The van der Waals surface area contributed by atoms with E-state index in [1.807, 2.05) is 31.6 Å². The summed E-state index contributed by atoms with van der Waals surface area (Å²) in [6.45, 7) is 7.23. The third kappa shape index (κ3) is 4.78. The molecule has 0 spiro atoms. The number of hydrogen-bond donors (Lipinski definition) is 3. The number of amides is 1. The van der Waals surface area contributed by atoms with Gasteiger partial charge in [0.05, 0.1) is 23.8 Å². The SMILES string of the molecule is CCn1ncc(NC(=S)NNC(=O)CCn2cc(C)cn2)c1C. The Morgan fingerprint density at radius 3 is 2.65 bits per heavy atom. The molecule has 124 valence electrons. The third-order valence-corrected chi connectivity index (χ3v) is 3.50. The number of carbonyl (C=O) groups excluding carboxylic acids is 1. The molecule has 0 saturated heterocycles. The lowest BCUT2D eigenvalue weighted by Gasteiger charge is -2.11. The van der Waals surface area contributed by atoms with E-state index < -0.39 is 0 Å². The van der Waals surface area contributed by atoms with Crippen LogP contribution in [-0.2, 0) is 17.9 Å². The van der Waals surface area contributed by atoms with Gasteiger partial charge in [0.1, 0.15) is 0 Å². The van der Waals surface area contributed by atoms with Crippen molar-refractivity contribution in [1.82, 2.24) is 30.4 Å². The molecule has 0 unspecified atom stereocenters. The second-order valence-corrected chi connectivity index (χ2v) is 5.53. The van der Waals surface area contributed by atoms with Crippen molar-refractivity contribution in [3.63, 3.8) is 0 Å². The summed E-state index contributed by atoms with van der Waals surface area (Å²) in [7, 11) is 0. The van der Waals surface area contributed by atoms with Gasteiger partial charge >= 0.3 is 0 Å². The van der Waals surface area contributed by atoms with Crippen molar-refractivity contribution in [1.29, 1.82) is 0 Å². The molecular formula is C14H21N7OS. The first-order chi connectivity index (χ1) is 11.0. The van der Waals surface area contributed by atoms with Gasteiger partial charge in [0, 0.05) is 25.7 Å². The summed E-state index contributed by atoms with van der Waals surface area (Å²) in [4.78, 5) is 11.8. The predicted octanol–water partition coefficient (Wildman–Crippen LogP) is 1.12. The van der Waals surface area contributed by atoms with Gasteiger partial charge in [-0.25, -0.2) is 0 Å². The first-order valence-electron chi connectivity index (χ1n) is 7.37. The van der Waals surface area contributed by atoms with Gasteiger partial charge in [-0.1, -0.05) is 0 Å². The molecule has 0 saturated carbocycles. The first-order valence-corrected chi connectivity index (χ1v) is 7.77. The summed E-state index contributed by atoms with van der Waals surface area (Å²) in [5.74, 6) is -0.164. The van der Waals surface area contributed by atoms with Gasteiger partial charge in [-0.2, -0.15) is 10.2 Å². The zero-order chi connectivity index (χ0) is 16.8. The standard InChI is InChI=1S/C14H21N7OS/c1-4-21-11(3)12(8-16-21)17-14(23)19-18-13(22)5-6-20-9-10(2)7-15-20/h7-9H,4-6H2,1-3H3,(H,18,22)(H2,17,19,23). The number of hydrazine groups is 1. The third-order valence-electron chi connectivity index (χ3n) is 3.30. The zero-order valence-corrected chi connectivity index (χ0v) is 14.3. The molecule has 3 N–H and O–H groups in total. The maximum atomic E-state index is 11.8. The van der Waals surface area contributed by atoms with Crippen molar-refractivity contribution in [3.05, 3.63) is 29.8 Å². The van der Waals surface area contributed by atoms with E-state index in [-0.39, 0.29) is 5.91 Å². The van der Waals surface area contributed by atoms with Crippen molar-refractivity contribution >= 4 is 28.9 Å². The van der Waals surface area contributed by atoms with Crippen molar-refractivity contribution in [2.24, 2.45) is 0 Å². The minimum atomic E-state index is -0.164. The highest BCUT2D eigenvalue weighted by molar-refractivity contribution is 7.80. The highest BCUT2D eigenvalue weighted by Gasteiger charge is 2.07. The summed E-state index contributed by atoms with van der Waals surface area (Å²) < 4.78 is 3.59. The van der Waals surface area contributed by atoms with Gasteiger partial charge in [0.2, 0.25) is 5.91 Å². The van der Waals surface area contributed by atoms with Gasteiger partial charge in [0.15, 0.2) is 5.11 Å². The summed E-state index contributed by atoms with van der Waals surface area (Å²) in [5, 5.41) is 11.7. The largest absolute Gasteiger partial charge is 0.329 e. The van der Waals surface area contributed by atoms with Crippen LogP contribution < -0.4 is 16.2 Å². The van der Waals surface area contributed by atoms with E-state index >= 15 is 0 Å². The van der Waals surface area contributed by atoms with Crippen LogP contribution in [0, 0.1) is 13.8 Å². The monoisotopic (exact) mass is 335 g/mol. The normalized spacial score (nSPS) is 10.4. The van der Waals surface area contributed by atoms with E-state index in [9.17, 15) is 4.79 Å². The number of hydrogen-bond acceptors (Lipinski definition) is 4. The highest BCUT2D eigenvalue weighted by atomic mass is 32.1. The summed E-state index contributed by atoms with van der Waals surface area (Å²) in [6.07, 6.45) is 5.66. The van der Waals surface area contributed by atoms with Gasteiger partial charge < -0.3 is 5.32 Å². The Hall–Kier alpha value is -2.42. The minimum absolute atomic E-state index is 0.164. The summed E-state index contributed by atoms with van der Waals surface area (Å²) in [6, 6.07) is 0. The van der Waals surface area contributed by atoms with E-state index in [4.69, 9.17) is 12.2 Å². The number of rotatable bonds is 5. The molecule has 23 heavy (non-hydrogen) atoms. The van der Waals surface area contributed by atoms with E-state index in [2.05, 4.69) is 26.4 Å². The molecule has 2 aromatic heterocycles. The minimum Gasteiger partial charge on any atom is -0.329 e. The molecule has 0 aliphatic rings. The Bertz CT molecular complexity index is 691. The maximum absolute atomic E-state index is 11.8. The van der Waals surface area contributed by atoms with E-state index in [0.29, 0.717) is 18.1 Å². The second-order valence-electron chi connectivity index (χ2n) is 5.12. The molecule has 2 heterocycles. The molecule has 8 nitrogen and oxygen atoms in total. The average Bonchev–Trinajstić information content (AvgIpc) is 3.09. The molecule has 0 aromatic carbocycles. The van der Waals surface area contributed by atoms with Gasteiger partial charge in [-0.05, 0) is 38.6 Å². The number of aryl methyl sites for hydroxylation is 3. The maximum Gasteiger partial charge on any atom is 0.240 e. The lowest BCUT2D eigenvalue weighted by atomic mass is 10.4. The molecule has 1 amide bonds. The van der Waals surface area contributed by atoms with Gasteiger partial charge in [-0.3, -0.25) is 25.0 Å². The topological polar surface area (TPSA) is 88.8 Å². The Morgan fingerprint density at radius 1 is 1.26 bits per heavy atom. The number of thiocarbonyl (C=S) groups is 1. The molecule has 0 atom stereocenters. The van der Waals surface area contributed by atoms with E-state index in [1.165, 1.54) is 0 Å². The number of carbonyl (C=O) groups is 1. The van der Waals surface area contributed by atoms with E-state index in [0.717, 1.165) is 23.5 Å². The van der Waals surface area contributed by atoms with Crippen molar-refractivity contribution in [2.75, 3.05) is 5.32 Å². The average molecular weight is 335 g/mol. The van der Waals surface area contributed by atoms with Crippen LogP contribution in [0.25, 0.3) is 0 Å². The quantitative estimate of drug-likeness (QED) is 0.561. The highest BCUT2D eigenvalue weighted by Crippen LogP contribution is 2.12. The Kier molecular flexibility index (Phi) is 5.69. The number of nitrogens with zero attached hydrogens (tertiary/aromatic N) is 4. The number of anilines is 1. The van der Waals surface area contributed by atoms with Crippen LogP contribution in [0.15, 0.2) is 18.6 Å². The predicted molar refractivity (Wildman–Crippen MR) is 91.7 cm³/mol. The smallest absolute Gasteiger partial charge is 0.240 e. The fourth-order valence-electron chi connectivity index (χ4n) is 2.04. The molecule has 9 heteroatoms. The van der Waals surface area contributed by atoms with Gasteiger partial charge in [-0.15, -0.1) is 0 Å². The Morgan fingerprint density at radius 2 is 2.04 bits per heavy atom. The second kappa shape index (κ2) is 7.73. The molecule has 0 bridgehead atoms. The van der Waals surface area contributed by atoms with Crippen LogP contribution in [0.1, 0.15) is 24.6 Å². The number of aromatic nitrogens is 4. The zero-order valence-electron chi connectivity index (χ0n) is 13.5. The molecule has 0 aliphatic heterocycles. The molecule has 2 aromatic rings. The van der Waals surface area contributed by atoms with Crippen LogP contribution >= 0.6 is 12.2 Å². The summed E-state index contributed by atoms with van der Waals surface area (Å²) >= 11 is 5.15. The van der Waals surface area contributed by atoms with Crippen molar-refractivity contribution in [2.45, 2.75) is 40.3 Å². The van der Waals surface area contributed by atoms with E-state index in [1.54, 1.807) is 17.1 Å². The molecular weight excluding hydrogens is 314 g/mol. The van der Waals surface area contributed by atoms with Crippen LogP contribution in [0.3, 0.4) is 0 Å². The molecule has 0 fully saturated rings. The van der Waals surface area contributed by atoms with Crippen LogP contribution in [-0.4, -0.2) is 30.6 Å². The van der Waals surface area contributed by atoms with Crippen LogP contribution in [0.2, 0.25) is 0 Å². The molecule has 2 rings (SSSR count). The first kappa shape index (κ1) is 16.9. The number of nitrogens with one attached hydrogen (secondary N) is 3. The Balaban J connectivity index is 1.73. The van der Waals surface area contributed by atoms with Gasteiger partial charge in [0.25, 0.3) is 0 Å². The van der Waals surface area contributed by atoms with Crippen molar-refractivity contribution in [3.8, 4) is 0 Å². The Labute approximate surface area is 140 Å². The van der Waals surface area contributed by atoms with Crippen LogP contribution in [0.4, 0.5) is 5.69 Å². The summed E-state index contributed by atoms with van der Waals surface area (Å²) in [5.41, 5.74) is 8.10. The van der Waals surface area contributed by atoms with Crippen molar-refractivity contribution < 1.29 is 4.79 Å². The lowest BCUT2D eigenvalue weighted by Crippen LogP contribution is -2.44.